The van der Waals surface area contributed by atoms with Crippen LogP contribution in [0.3, 0.4) is 0 Å². The number of alkyl halides is 3. The summed E-state index contributed by atoms with van der Waals surface area (Å²) in [6.07, 6.45) is -0.875. The van der Waals surface area contributed by atoms with Gasteiger partial charge in [0, 0.05) is 43.1 Å². The Kier molecular flexibility index (Phi) is 6.90. The fourth-order valence-corrected chi connectivity index (χ4v) is 4.38. The number of anilines is 2. The van der Waals surface area contributed by atoms with E-state index in [2.05, 4.69) is 15.3 Å². The average molecular weight is 522 g/mol. The highest BCUT2D eigenvalue weighted by molar-refractivity contribution is 6.04. The van der Waals surface area contributed by atoms with E-state index in [1.165, 1.54) is 12.1 Å². The smallest absolute Gasteiger partial charge is 0.378 e. The summed E-state index contributed by atoms with van der Waals surface area (Å²) in [5, 5.41) is 7.02. The van der Waals surface area contributed by atoms with Gasteiger partial charge in [-0.15, -0.1) is 0 Å². The van der Waals surface area contributed by atoms with Gasteiger partial charge in [-0.2, -0.15) is 18.3 Å². The van der Waals surface area contributed by atoms with Crippen molar-refractivity contribution in [1.29, 1.82) is 0 Å². The molecule has 0 atom stereocenters. The molecule has 5 rings (SSSR count). The number of nitrogens with zero attached hydrogens (tertiary/aromatic N) is 4. The predicted molar refractivity (Wildman–Crippen MR) is 139 cm³/mol. The molecule has 7 nitrogen and oxygen atoms in total. The second kappa shape index (κ2) is 10.3. The van der Waals surface area contributed by atoms with E-state index in [9.17, 15) is 18.0 Å². The van der Waals surface area contributed by atoms with Crippen LogP contribution in [-0.2, 0) is 18.0 Å². The number of hydrogen-bond acceptors (Lipinski definition) is 5. The molecule has 2 aromatic heterocycles. The number of morpholine rings is 1. The fraction of sp³-hybridized carbons (Fsp3) is 0.250. The van der Waals surface area contributed by atoms with Crippen molar-refractivity contribution in [2.24, 2.45) is 7.05 Å². The van der Waals surface area contributed by atoms with Gasteiger partial charge < -0.3 is 15.0 Å². The molecule has 1 amide bonds. The number of pyridine rings is 1. The molecule has 4 aromatic rings. The zero-order chi connectivity index (χ0) is 26.9. The van der Waals surface area contributed by atoms with Crippen molar-refractivity contribution in [2.45, 2.75) is 13.1 Å². The van der Waals surface area contributed by atoms with E-state index in [-0.39, 0.29) is 5.56 Å². The predicted octanol–water partition coefficient (Wildman–Crippen LogP) is 5.57. The molecule has 10 heteroatoms. The highest BCUT2D eigenvalue weighted by atomic mass is 19.4. The maximum Gasteiger partial charge on any atom is 0.416 e. The van der Waals surface area contributed by atoms with Gasteiger partial charge in [-0.3, -0.25) is 9.48 Å². The van der Waals surface area contributed by atoms with Crippen LogP contribution in [0.2, 0.25) is 0 Å². The summed E-state index contributed by atoms with van der Waals surface area (Å²) in [6, 6.07) is 13.8. The number of aromatic nitrogens is 3. The highest BCUT2D eigenvalue weighted by Crippen LogP contribution is 2.33. The van der Waals surface area contributed by atoms with Gasteiger partial charge in [0.25, 0.3) is 5.91 Å². The molecule has 0 aliphatic carbocycles. The largest absolute Gasteiger partial charge is 0.416 e. The maximum atomic E-state index is 13.1. The van der Waals surface area contributed by atoms with Crippen LogP contribution in [0.4, 0.5) is 24.7 Å². The van der Waals surface area contributed by atoms with Gasteiger partial charge in [-0.1, -0.05) is 12.1 Å². The molecule has 196 valence electrons. The van der Waals surface area contributed by atoms with E-state index in [0.29, 0.717) is 18.9 Å². The number of benzene rings is 2. The van der Waals surface area contributed by atoms with E-state index in [1.807, 2.05) is 44.4 Å². The molecule has 0 unspecified atom stereocenters. The quantitative estimate of drug-likeness (QED) is 0.372. The van der Waals surface area contributed by atoms with E-state index in [0.717, 1.165) is 59.0 Å². The van der Waals surface area contributed by atoms with Gasteiger partial charge in [-0.25, -0.2) is 4.98 Å². The number of hydrogen-bond donors (Lipinski definition) is 1. The highest BCUT2D eigenvalue weighted by Gasteiger charge is 2.31. The second-order valence-electron chi connectivity index (χ2n) is 9.16. The first-order valence-electron chi connectivity index (χ1n) is 12.1. The molecular weight excluding hydrogens is 495 g/mol. The van der Waals surface area contributed by atoms with Crippen LogP contribution in [0.25, 0.3) is 22.4 Å². The van der Waals surface area contributed by atoms with Crippen molar-refractivity contribution in [2.75, 3.05) is 36.5 Å². The van der Waals surface area contributed by atoms with E-state index in [4.69, 9.17) is 9.72 Å². The molecule has 0 spiro atoms. The molecule has 0 bridgehead atoms. The Hall–Kier alpha value is -4.18. The van der Waals surface area contributed by atoms with Crippen molar-refractivity contribution in [3.05, 3.63) is 83.7 Å². The van der Waals surface area contributed by atoms with Gasteiger partial charge >= 0.3 is 6.18 Å². The van der Waals surface area contributed by atoms with Crippen LogP contribution >= 0.6 is 0 Å². The van der Waals surface area contributed by atoms with Crippen LogP contribution in [-0.4, -0.2) is 47.0 Å². The van der Waals surface area contributed by atoms with Crippen molar-refractivity contribution in [3.8, 4) is 22.4 Å². The first-order chi connectivity index (χ1) is 18.2. The van der Waals surface area contributed by atoms with Crippen LogP contribution in [0.1, 0.15) is 21.5 Å². The molecule has 0 radical (unpaired) electrons. The number of carbonyl (C=O) groups is 1. The summed E-state index contributed by atoms with van der Waals surface area (Å²) in [6.45, 7) is 4.63. The molecule has 0 saturated carbocycles. The standard InChI is InChI=1S/C28H26F3N5O2/c1-18-6-7-23(33-27(37)19-4-3-5-22(12-19)28(29,30)31)15-24(18)20-13-25(21-16-32-35(2)17-21)34-26(14-20)36-8-10-38-11-9-36/h3-7,12-17H,8-11H2,1-2H3,(H,33,37). The number of ether oxygens (including phenoxy) is 1. The lowest BCUT2D eigenvalue weighted by atomic mass is 9.98. The Morgan fingerprint density at radius 2 is 1.82 bits per heavy atom. The van der Waals surface area contributed by atoms with E-state index in [1.54, 1.807) is 16.9 Å². The molecule has 1 saturated heterocycles. The molecule has 1 N–H and O–H groups in total. The topological polar surface area (TPSA) is 72.3 Å². The summed E-state index contributed by atoms with van der Waals surface area (Å²) in [5.74, 6) is 0.188. The molecule has 1 fully saturated rings. The number of carbonyl (C=O) groups excluding carboxylic acids is 1. The Labute approximate surface area is 217 Å². The van der Waals surface area contributed by atoms with Gasteiger partial charge in [0.05, 0.1) is 30.7 Å². The monoisotopic (exact) mass is 521 g/mol. The minimum atomic E-state index is -4.53. The minimum absolute atomic E-state index is 0.0701. The Bertz CT molecular complexity index is 1480. The first kappa shape index (κ1) is 25.5. The lowest BCUT2D eigenvalue weighted by Gasteiger charge is -2.28. The molecule has 1 aliphatic heterocycles. The number of halogens is 3. The van der Waals surface area contributed by atoms with Gasteiger partial charge in [0.15, 0.2) is 0 Å². The third kappa shape index (κ3) is 5.55. The van der Waals surface area contributed by atoms with Crippen molar-refractivity contribution < 1.29 is 22.7 Å². The lowest BCUT2D eigenvalue weighted by molar-refractivity contribution is -0.137. The number of rotatable bonds is 5. The number of aryl methyl sites for hydroxylation is 2. The number of amides is 1. The molecule has 38 heavy (non-hydrogen) atoms. The lowest BCUT2D eigenvalue weighted by Crippen LogP contribution is -2.36. The SMILES string of the molecule is Cc1ccc(NC(=O)c2cccc(C(F)(F)F)c2)cc1-c1cc(-c2cnn(C)c2)nc(N2CCOCC2)c1. The van der Waals surface area contributed by atoms with Crippen LogP contribution in [0, 0.1) is 6.92 Å². The summed E-state index contributed by atoms with van der Waals surface area (Å²) in [4.78, 5) is 19.9. The third-order valence-corrected chi connectivity index (χ3v) is 6.41. The van der Waals surface area contributed by atoms with Crippen LogP contribution in [0.5, 0.6) is 0 Å². The second-order valence-corrected chi connectivity index (χ2v) is 9.16. The fourth-order valence-electron chi connectivity index (χ4n) is 4.38. The summed E-state index contributed by atoms with van der Waals surface area (Å²) in [7, 11) is 1.84. The van der Waals surface area contributed by atoms with Crippen molar-refractivity contribution in [3.63, 3.8) is 0 Å². The van der Waals surface area contributed by atoms with Crippen molar-refractivity contribution in [1.82, 2.24) is 14.8 Å². The molecule has 3 heterocycles. The summed E-state index contributed by atoms with van der Waals surface area (Å²) in [5.41, 5.74) is 3.90. The van der Waals surface area contributed by atoms with Crippen LogP contribution < -0.4 is 10.2 Å². The zero-order valence-electron chi connectivity index (χ0n) is 20.9. The summed E-state index contributed by atoms with van der Waals surface area (Å²) < 4.78 is 46.6. The van der Waals surface area contributed by atoms with Gasteiger partial charge in [0.2, 0.25) is 0 Å². The van der Waals surface area contributed by atoms with Crippen molar-refractivity contribution >= 4 is 17.4 Å². The van der Waals surface area contributed by atoms with E-state index < -0.39 is 17.6 Å². The minimum Gasteiger partial charge on any atom is -0.378 e. The normalized spacial score (nSPS) is 14.0. The average Bonchev–Trinajstić information content (AvgIpc) is 3.36. The zero-order valence-corrected chi connectivity index (χ0v) is 20.9. The maximum absolute atomic E-state index is 13.1. The van der Waals surface area contributed by atoms with E-state index >= 15 is 0 Å². The van der Waals surface area contributed by atoms with Crippen LogP contribution in [0.15, 0.2) is 67.0 Å². The molecular formula is C28H26F3N5O2. The number of nitrogens with one attached hydrogen (secondary N) is 1. The first-order valence-corrected chi connectivity index (χ1v) is 12.1. The Balaban J connectivity index is 1.50. The Morgan fingerprint density at radius 1 is 1.03 bits per heavy atom. The summed E-state index contributed by atoms with van der Waals surface area (Å²) >= 11 is 0. The third-order valence-electron chi connectivity index (χ3n) is 6.41. The Morgan fingerprint density at radius 3 is 2.53 bits per heavy atom. The van der Waals surface area contributed by atoms with Gasteiger partial charge in [0.1, 0.15) is 5.82 Å². The molecule has 2 aromatic carbocycles. The molecule has 1 aliphatic rings. The van der Waals surface area contributed by atoms with Gasteiger partial charge in [-0.05, 0) is 66.1 Å².